The quantitative estimate of drug-likeness (QED) is 0.761. The zero-order valence-corrected chi connectivity index (χ0v) is 8.10. The fourth-order valence-electron chi connectivity index (χ4n) is 0.751. The second kappa shape index (κ2) is 4.39. The van der Waals surface area contributed by atoms with Crippen molar-refractivity contribution in [2.75, 3.05) is 6.61 Å². The Hall–Kier alpha value is -0.500. The van der Waals surface area contributed by atoms with Gasteiger partial charge in [0.15, 0.2) is 0 Å². The minimum Gasteiger partial charge on any atom is -0.494 e. The van der Waals surface area contributed by atoms with Crippen molar-refractivity contribution in [2.24, 2.45) is 0 Å². The number of hydrogen-bond donors (Lipinski definition) is 0. The summed E-state index contributed by atoms with van der Waals surface area (Å²) in [5.41, 5.74) is 0. The lowest BCUT2D eigenvalue weighted by Crippen LogP contribution is -1.93. The van der Waals surface area contributed by atoms with E-state index in [0.29, 0.717) is 0 Å². The van der Waals surface area contributed by atoms with Gasteiger partial charge in [0.25, 0.3) is 0 Å². The molecule has 0 heterocycles. The van der Waals surface area contributed by atoms with Crippen molar-refractivity contribution in [3.05, 3.63) is 28.7 Å². The van der Waals surface area contributed by atoms with Gasteiger partial charge in [0.1, 0.15) is 5.75 Å². The Morgan fingerprint density at radius 1 is 1.27 bits per heavy atom. The summed E-state index contributed by atoms with van der Waals surface area (Å²) in [6.07, 6.45) is 1.05. The van der Waals surface area contributed by atoms with Crippen molar-refractivity contribution in [1.29, 1.82) is 0 Å². The van der Waals surface area contributed by atoms with Gasteiger partial charge in [-0.25, -0.2) is 0 Å². The van der Waals surface area contributed by atoms with Gasteiger partial charge >= 0.3 is 0 Å². The average Bonchev–Trinajstić information content (AvgIpc) is 2.04. The van der Waals surface area contributed by atoms with Crippen LogP contribution < -0.4 is 4.74 Å². The van der Waals surface area contributed by atoms with Crippen LogP contribution in [0.3, 0.4) is 0 Å². The van der Waals surface area contributed by atoms with Crippen LogP contribution in [0.25, 0.3) is 0 Å². The minimum atomic E-state index is 0.793. The van der Waals surface area contributed by atoms with Gasteiger partial charge in [0, 0.05) is 4.47 Å². The lowest BCUT2D eigenvalue weighted by atomic mass is 10.5. The molecule has 0 aromatic heterocycles. The molecule has 0 unspecified atom stereocenters. The monoisotopic (exact) mass is 220 g/mol. The molecule has 1 aromatic carbocycles. The highest BCUT2D eigenvalue weighted by molar-refractivity contribution is 9.10. The van der Waals surface area contributed by atoms with E-state index >= 15 is 0 Å². The number of hydrogen-bond acceptors (Lipinski definition) is 1. The van der Waals surface area contributed by atoms with Crippen LogP contribution in [0.2, 0.25) is 0 Å². The van der Waals surface area contributed by atoms with Gasteiger partial charge < -0.3 is 4.74 Å². The zero-order chi connectivity index (χ0) is 8.10. The SMILES string of the molecule is CCCO[13c]1[13cH][13cH][13c](Br)[13cH][13cH]1. The molecule has 1 rings (SSSR count). The Kier molecular flexibility index (Phi) is 3.43. The van der Waals surface area contributed by atoms with Crippen LogP contribution in [-0.4, -0.2) is 6.61 Å². The Morgan fingerprint density at radius 3 is 2.45 bits per heavy atom. The molecule has 11 heavy (non-hydrogen) atoms. The van der Waals surface area contributed by atoms with Gasteiger partial charge in [0.2, 0.25) is 0 Å². The van der Waals surface area contributed by atoms with Crippen molar-refractivity contribution >= 4 is 15.9 Å². The van der Waals surface area contributed by atoms with Crippen LogP contribution >= 0.6 is 15.9 Å². The van der Waals surface area contributed by atoms with Gasteiger partial charge in [-0.2, -0.15) is 0 Å². The molecule has 0 bridgehead atoms. The van der Waals surface area contributed by atoms with Crippen LogP contribution in [0.5, 0.6) is 5.75 Å². The van der Waals surface area contributed by atoms with Crippen LogP contribution in [0.15, 0.2) is 28.7 Å². The molecule has 0 aliphatic heterocycles. The normalized spacial score (nSPS) is 9.64. The zero-order valence-electron chi connectivity index (χ0n) is 6.51. The smallest absolute Gasteiger partial charge is 0.119 e. The first kappa shape index (κ1) is 8.60. The second-order valence-electron chi connectivity index (χ2n) is 2.30. The van der Waals surface area contributed by atoms with Crippen molar-refractivity contribution < 1.29 is 4.74 Å². The molecule has 1 nitrogen and oxygen atoms in total. The maximum Gasteiger partial charge on any atom is 0.119 e. The molecular weight excluding hydrogens is 210 g/mol. The summed E-state index contributed by atoms with van der Waals surface area (Å²) in [6, 6.07) is 7.87. The summed E-state index contributed by atoms with van der Waals surface area (Å²) in [5.74, 6) is 0.940. The lowest BCUT2D eigenvalue weighted by molar-refractivity contribution is 0.317. The molecule has 0 N–H and O–H groups in total. The van der Waals surface area contributed by atoms with E-state index in [4.69, 9.17) is 4.74 Å². The first-order chi connectivity index (χ1) is 5.33. The van der Waals surface area contributed by atoms with E-state index in [-0.39, 0.29) is 0 Å². The van der Waals surface area contributed by atoms with Gasteiger partial charge in [-0.05, 0) is 30.7 Å². The Bertz CT molecular complexity index is 205. The van der Waals surface area contributed by atoms with Crippen molar-refractivity contribution in [3.8, 4) is 5.75 Å². The maximum atomic E-state index is 5.39. The molecule has 0 saturated heterocycles. The van der Waals surface area contributed by atoms with Crippen molar-refractivity contribution in [2.45, 2.75) is 13.3 Å². The van der Waals surface area contributed by atoms with E-state index in [2.05, 4.69) is 22.9 Å². The molecule has 0 aliphatic carbocycles. The summed E-state index contributed by atoms with van der Waals surface area (Å²) >= 11 is 3.36. The standard InChI is InChI=1S/C9H11BrO/c1-2-7-11-9-5-3-8(10)4-6-9/h3-6H,2,7H2,1H3/i3+1,4+1,5+1,6+1,8+1,9+1. The highest BCUT2D eigenvalue weighted by atomic mass is 79.9. The summed E-state index contributed by atoms with van der Waals surface area (Å²) in [7, 11) is 0. The van der Waals surface area contributed by atoms with Gasteiger partial charge in [-0.1, -0.05) is 22.9 Å². The molecule has 0 radical (unpaired) electrons. The summed E-state index contributed by atoms with van der Waals surface area (Å²) in [5, 5.41) is 0. The third-order valence-electron chi connectivity index (χ3n) is 1.29. The second-order valence-corrected chi connectivity index (χ2v) is 3.22. The van der Waals surface area contributed by atoms with Gasteiger partial charge in [-0.15, -0.1) is 0 Å². The Morgan fingerprint density at radius 2 is 1.91 bits per heavy atom. The van der Waals surface area contributed by atoms with E-state index in [1.54, 1.807) is 0 Å². The molecule has 0 aliphatic rings. The van der Waals surface area contributed by atoms with Crippen LogP contribution in [0.1, 0.15) is 13.3 Å². The maximum absolute atomic E-state index is 5.39. The van der Waals surface area contributed by atoms with E-state index in [1.807, 2.05) is 24.3 Å². The lowest BCUT2D eigenvalue weighted by Gasteiger charge is -2.02. The van der Waals surface area contributed by atoms with Crippen LogP contribution in [0, 0.1) is 0 Å². The first-order valence-electron chi connectivity index (χ1n) is 3.71. The highest BCUT2D eigenvalue weighted by Gasteiger charge is 1.90. The van der Waals surface area contributed by atoms with E-state index in [0.717, 1.165) is 23.2 Å². The fraction of sp³-hybridized carbons (Fsp3) is 0.333. The number of ether oxygens (including phenoxy) is 1. The summed E-state index contributed by atoms with van der Waals surface area (Å²) < 4.78 is 6.47. The Balaban J connectivity index is 2.52. The molecule has 0 amide bonds. The third kappa shape index (κ3) is 2.93. The largest absolute Gasteiger partial charge is 0.494 e. The highest BCUT2D eigenvalue weighted by Crippen LogP contribution is 2.15. The van der Waals surface area contributed by atoms with E-state index in [1.165, 1.54) is 0 Å². The minimum absolute atomic E-state index is 0.793. The molecule has 1 aromatic rings. The van der Waals surface area contributed by atoms with Crippen molar-refractivity contribution in [1.82, 2.24) is 0 Å². The number of halogens is 1. The molecule has 2 heteroatoms. The molecule has 0 atom stereocenters. The predicted octanol–water partition coefficient (Wildman–Crippen LogP) is 3.24. The third-order valence-corrected chi connectivity index (χ3v) is 1.82. The fourth-order valence-corrected chi connectivity index (χ4v) is 1.02. The van der Waals surface area contributed by atoms with E-state index in [9.17, 15) is 0 Å². The first-order valence-corrected chi connectivity index (χ1v) is 4.50. The topological polar surface area (TPSA) is 9.23 Å². The molecule has 0 saturated carbocycles. The summed E-state index contributed by atoms with van der Waals surface area (Å²) in [6.45, 7) is 2.89. The van der Waals surface area contributed by atoms with Crippen LogP contribution in [-0.2, 0) is 0 Å². The molecule has 60 valence electrons. The average molecular weight is 221 g/mol. The van der Waals surface area contributed by atoms with Gasteiger partial charge in [-0.3, -0.25) is 0 Å². The molecular formula is C9H11BrO. The van der Waals surface area contributed by atoms with Crippen LogP contribution in [0.4, 0.5) is 0 Å². The number of rotatable bonds is 3. The number of benzene rings is 1. The molecule has 0 spiro atoms. The molecule has 0 fully saturated rings. The predicted molar refractivity (Wildman–Crippen MR) is 49.9 cm³/mol. The Labute approximate surface area is 75.5 Å². The van der Waals surface area contributed by atoms with Gasteiger partial charge in [0.05, 0.1) is 6.61 Å². The van der Waals surface area contributed by atoms with Crippen molar-refractivity contribution in [3.63, 3.8) is 0 Å². The summed E-state index contributed by atoms with van der Waals surface area (Å²) in [4.78, 5) is 0. The van der Waals surface area contributed by atoms with E-state index < -0.39 is 0 Å².